The van der Waals surface area contributed by atoms with E-state index in [4.69, 9.17) is 10.5 Å². The molecule has 0 saturated carbocycles. The minimum absolute atomic E-state index is 0.000454. The van der Waals surface area contributed by atoms with E-state index >= 15 is 0 Å². The van der Waals surface area contributed by atoms with Gasteiger partial charge in [0.05, 0.1) is 13.5 Å². The van der Waals surface area contributed by atoms with Crippen molar-refractivity contribution in [1.82, 2.24) is 5.32 Å². The maximum atomic E-state index is 11.7. The number of anilines is 1. The van der Waals surface area contributed by atoms with Gasteiger partial charge < -0.3 is 21.1 Å². The summed E-state index contributed by atoms with van der Waals surface area (Å²) in [5.74, 6) is -0.0757. The molecule has 20 heavy (non-hydrogen) atoms. The maximum absolute atomic E-state index is 11.7. The highest BCUT2D eigenvalue weighted by atomic mass is 16.5. The molecule has 0 fully saturated rings. The average molecular weight is 279 g/mol. The van der Waals surface area contributed by atoms with Gasteiger partial charge in [-0.1, -0.05) is 0 Å². The predicted octanol–water partition coefficient (Wildman–Crippen LogP) is 0.876. The van der Waals surface area contributed by atoms with Crippen LogP contribution in [0.25, 0.3) is 0 Å². The molecule has 0 saturated heterocycles. The highest BCUT2D eigenvalue weighted by Gasteiger charge is 2.19. The van der Waals surface area contributed by atoms with Crippen LogP contribution in [-0.4, -0.2) is 31.0 Å². The van der Waals surface area contributed by atoms with Gasteiger partial charge in [0.15, 0.2) is 0 Å². The van der Waals surface area contributed by atoms with Gasteiger partial charge in [-0.3, -0.25) is 9.59 Å². The number of primary amides is 1. The third kappa shape index (κ3) is 5.17. The first-order valence-electron chi connectivity index (χ1n) is 6.41. The summed E-state index contributed by atoms with van der Waals surface area (Å²) in [6.07, 6.45) is -0.000454. The third-order valence-electron chi connectivity index (χ3n) is 2.61. The van der Waals surface area contributed by atoms with Crippen LogP contribution in [0.4, 0.5) is 5.69 Å². The van der Waals surface area contributed by atoms with Crippen LogP contribution >= 0.6 is 0 Å². The van der Waals surface area contributed by atoms with Gasteiger partial charge in [0.2, 0.25) is 11.8 Å². The Hall–Kier alpha value is -2.24. The molecule has 0 aliphatic rings. The Labute approximate surface area is 118 Å². The zero-order valence-corrected chi connectivity index (χ0v) is 12.0. The summed E-state index contributed by atoms with van der Waals surface area (Å²) in [4.78, 5) is 23.1. The molecule has 1 rings (SSSR count). The monoisotopic (exact) mass is 279 g/mol. The Morgan fingerprint density at radius 3 is 2.30 bits per heavy atom. The molecule has 0 aliphatic carbocycles. The van der Waals surface area contributed by atoms with Crippen molar-refractivity contribution >= 4 is 17.5 Å². The Balaban J connectivity index is 2.66. The number of ether oxygens (including phenoxy) is 1. The number of rotatable bonds is 7. The number of hydrogen-bond acceptors (Lipinski definition) is 4. The van der Waals surface area contributed by atoms with E-state index in [1.807, 2.05) is 13.8 Å². The van der Waals surface area contributed by atoms with Crippen molar-refractivity contribution in [2.75, 3.05) is 12.4 Å². The van der Waals surface area contributed by atoms with Crippen LogP contribution in [0.2, 0.25) is 0 Å². The number of carbonyl (C=O) groups is 2. The van der Waals surface area contributed by atoms with E-state index < -0.39 is 11.9 Å². The summed E-state index contributed by atoms with van der Waals surface area (Å²) in [5.41, 5.74) is 6.01. The third-order valence-corrected chi connectivity index (χ3v) is 2.61. The molecule has 6 heteroatoms. The van der Waals surface area contributed by atoms with E-state index in [1.165, 1.54) is 0 Å². The second-order valence-electron chi connectivity index (χ2n) is 4.75. The van der Waals surface area contributed by atoms with Gasteiger partial charge in [-0.2, -0.15) is 0 Å². The van der Waals surface area contributed by atoms with Gasteiger partial charge in [0.25, 0.3) is 0 Å². The molecule has 0 radical (unpaired) electrons. The van der Waals surface area contributed by atoms with Gasteiger partial charge >= 0.3 is 0 Å². The summed E-state index contributed by atoms with van der Waals surface area (Å²) < 4.78 is 5.05. The molecule has 1 atom stereocenters. The van der Waals surface area contributed by atoms with Crippen molar-refractivity contribution in [1.29, 1.82) is 0 Å². The van der Waals surface area contributed by atoms with Crippen molar-refractivity contribution in [3.63, 3.8) is 0 Å². The van der Waals surface area contributed by atoms with E-state index in [0.717, 1.165) is 0 Å². The van der Waals surface area contributed by atoms with E-state index in [9.17, 15) is 9.59 Å². The first kappa shape index (κ1) is 15.8. The zero-order chi connectivity index (χ0) is 15.1. The standard InChI is InChI=1S/C14H21N3O3/c1-9(2)16-13(18)8-12(14(15)19)17-10-4-6-11(20-3)7-5-10/h4-7,9,12,17H,8H2,1-3H3,(H2,15,19)(H,16,18). The molecule has 0 aliphatic heterocycles. The molecule has 6 nitrogen and oxygen atoms in total. The molecular formula is C14H21N3O3. The number of carbonyl (C=O) groups excluding carboxylic acids is 2. The summed E-state index contributed by atoms with van der Waals surface area (Å²) >= 11 is 0. The molecular weight excluding hydrogens is 258 g/mol. The van der Waals surface area contributed by atoms with Crippen molar-refractivity contribution in [3.05, 3.63) is 24.3 Å². The summed E-state index contributed by atoms with van der Waals surface area (Å²) in [6, 6.07) is 6.31. The van der Waals surface area contributed by atoms with Gasteiger partial charge in [0, 0.05) is 11.7 Å². The SMILES string of the molecule is COc1ccc(NC(CC(=O)NC(C)C)C(N)=O)cc1. The number of hydrogen-bond donors (Lipinski definition) is 3. The minimum Gasteiger partial charge on any atom is -0.497 e. The second-order valence-corrected chi connectivity index (χ2v) is 4.75. The molecule has 0 heterocycles. The minimum atomic E-state index is -0.748. The number of benzene rings is 1. The van der Waals surface area contributed by atoms with Crippen molar-refractivity contribution in [2.24, 2.45) is 5.73 Å². The van der Waals surface area contributed by atoms with Crippen LogP contribution in [0.5, 0.6) is 5.75 Å². The van der Waals surface area contributed by atoms with Crippen LogP contribution < -0.4 is 21.1 Å². The summed E-state index contributed by atoms with van der Waals surface area (Å²) in [7, 11) is 1.57. The smallest absolute Gasteiger partial charge is 0.240 e. The number of methoxy groups -OCH3 is 1. The predicted molar refractivity (Wildman–Crippen MR) is 77.5 cm³/mol. The van der Waals surface area contributed by atoms with E-state index in [0.29, 0.717) is 11.4 Å². The second kappa shape index (κ2) is 7.37. The van der Waals surface area contributed by atoms with Crippen molar-refractivity contribution in [2.45, 2.75) is 32.4 Å². The van der Waals surface area contributed by atoms with Gasteiger partial charge in [0.1, 0.15) is 11.8 Å². The zero-order valence-electron chi connectivity index (χ0n) is 12.0. The first-order valence-corrected chi connectivity index (χ1v) is 6.41. The van der Waals surface area contributed by atoms with Crippen LogP contribution in [0.15, 0.2) is 24.3 Å². The van der Waals surface area contributed by atoms with E-state index in [-0.39, 0.29) is 18.4 Å². The fourth-order valence-electron chi connectivity index (χ4n) is 1.68. The molecule has 110 valence electrons. The Kier molecular flexibility index (Phi) is 5.83. The Morgan fingerprint density at radius 1 is 1.25 bits per heavy atom. The van der Waals surface area contributed by atoms with Gasteiger partial charge in [-0.15, -0.1) is 0 Å². The molecule has 0 spiro atoms. The number of nitrogens with one attached hydrogen (secondary N) is 2. The lowest BCUT2D eigenvalue weighted by atomic mass is 10.1. The molecule has 1 aromatic carbocycles. The fourth-order valence-corrected chi connectivity index (χ4v) is 1.68. The number of nitrogens with two attached hydrogens (primary N) is 1. The van der Waals surface area contributed by atoms with Crippen molar-refractivity contribution < 1.29 is 14.3 Å². The van der Waals surface area contributed by atoms with E-state index in [1.54, 1.807) is 31.4 Å². The molecule has 0 bridgehead atoms. The van der Waals surface area contributed by atoms with Gasteiger partial charge in [-0.05, 0) is 38.1 Å². The molecule has 1 unspecified atom stereocenters. The largest absolute Gasteiger partial charge is 0.497 e. The van der Waals surface area contributed by atoms with Crippen LogP contribution in [0, 0.1) is 0 Å². The highest BCUT2D eigenvalue weighted by molar-refractivity contribution is 5.89. The van der Waals surface area contributed by atoms with Crippen LogP contribution in [-0.2, 0) is 9.59 Å². The first-order chi connectivity index (χ1) is 9.42. The van der Waals surface area contributed by atoms with Crippen LogP contribution in [0.3, 0.4) is 0 Å². The lowest BCUT2D eigenvalue weighted by Crippen LogP contribution is -2.41. The summed E-state index contributed by atoms with van der Waals surface area (Å²) in [6.45, 7) is 3.71. The van der Waals surface area contributed by atoms with Gasteiger partial charge in [-0.25, -0.2) is 0 Å². The maximum Gasteiger partial charge on any atom is 0.240 e. The van der Waals surface area contributed by atoms with E-state index in [2.05, 4.69) is 10.6 Å². The fraction of sp³-hybridized carbons (Fsp3) is 0.429. The normalized spacial score (nSPS) is 11.8. The Bertz CT molecular complexity index is 457. The topological polar surface area (TPSA) is 93.4 Å². The lowest BCUT2D eigenvalue weighted by Gasteiger charge is -2.17. The van der Waals surface area contributed by atoms with Crippen LogP contribution in [0.1, 0.15) is 20.3 Å². The van der Waals surface area contributed by atoms with Crippen molar-refractivity contribution in [3.8, 4) is 5.75 Å². The molecule has 2 amide bonds. The highest BCUT2D eigenvalue weighted by Crippen LogP contribution is 2.16. The summed E-state index contributed by atoms with van der Waals surface area (Å²) in [5, 5.41) is 5.67. The quantitative estimate of drug-likeness (QED) is 0.690. The lowest BCUT2D eigenvalue weighted by molar-refractivity contribution is -0.125. The Morgan fingerprint density at radius 2 is 1.85 bits per heavy atom. The molecule has 4 N–H and O–H groups in total. The molecule has 1 aromatic rings. The number of amides is 2. The average Bonchev–Trinajstić information content (AvgIpc) is 2.37. The molecule has 0 aromatic heterocycles.